The van der Waals surface area contributed by atoms with Gasteiger partial charge in [-0.05, 0) is 65.7 Å². The number of fused-ring (bicyclic) bond motifs is 15. The third-order valence-electron chi connectivity index (χ3n) is 12.4. The second-order valence-electron chi connectivity index (χ2n) is 15.6. The lowest BCUT2D eigenvalue weighted by molar-refractivity contribution is 0.656. The lowest BCUT2D eigenvalue weighted by Crippen LogP contribution is -1.93. The van der Waals surface area contributed by atoms with Crippen molar-refractivity contribution in [3.8, 4) is 27.9 Å². The highest BCUT2D eigenvalue weighted by Crippen LogP contribution is 2.46. The number of hydrogen-bond donors (Lipinski definition) is 0. The van der Waals surface area contributed by atoms with Crippen LogP contribution in [0.3, 0.4) is 0 Å². The van der Waals surface area contributed by atoms with Gasteiger partial charge in [-0.3, -0.25) is 0 Å². The normalized spacial score (nSPS) is 12.4. The highest BCUT2D eigenvalue weighted by atomic mass is 32.1. The summed E-state index contributed by atoms with van der Waals surface area (Å²) in [4.78, 5) is 0. The molecule has 0 aliphatic heterocycles. The van der Waals surface area contributed by atoms with Gasteiger partial charge in [0, 0.05) is 92.2 Å². The van der Waals surface area contributed by atoms with E-state index in [1.54, 1.807) is 0 Å². The third-order valence-corrected chi connectivity index (χ3v) is 13.6. The Morgan fingerprint density at radius 1 is 0.356 bits per heavy atom. The number of benzene rings is 9. The van der Waals surface area contributed by atoms with E-state index in [-0.39, 0.29) is 0 Å². The summed E-state index contributed by atoms with van der Waals surface area (Å²) in [5, 5.41) is 11.5. The van der Waals surface area contributed by atoms with Crippen LogP contribution in [0.5, 0.6) is 0 Å². The molecule has 0 radical (unpaired) electrons. The monoisotopic (exact) mass is 771 g/mol. The minimum absolute atomic E-state index is 0.798. The van der Waals surface area contributed by atoms with Gasteiger partial charge in [-0.15, -0.1) is 11.3 Å². The summed E-state index contributed by atoms with van der Waals surface area (Å²) in [6.07, 6.45) is 0. The van der Waals surface area contributed by atoms with Crippen molar-refractivity contribution in [3.63, 3.8) is 0 Å². The van der Waals surface area contributed by atoms with Gasteiger partial charge in [-0.1, -0.05) is 109 Å². The highest BCUT2D eigenvalue weighted by Gasteiger charge is 2.20. The molecule has 9 aromatic carbocycles. The molecule has 5 heterocycles. The van der Waals surface area contributed by atoms with Crippen LogP contribution in [0.4, 0.5) is 0 Å². The predicted octanol–water partition coefficient (Wildman–Crippen LogP) is 16.2. The molecular weight excluding hydrogens is 743 g/mol. The summed E-state index contributed by atoms with van der Waals surface area (Å²) < 4.78 is 24.9. The van der Waals surface area contributed by atoms with Crippen LogP contribution in [0.25, 0.3) is 136 Å². The van der Waals surface area contributed by atoms with Crippen LogP contribution < -0.4 is 0 Å². The van der Waals surface area contributed by atoms with Gasteiger partial charge in [-0.2, -0.15) is 0 Å². The van der Waals surface area contributed by atoms with E-state index in [0.717, 1.165) is 88.2 Å². The predicted molar refractivity (Wildman–Crippen MR) is 246 cm³/mol. The van der Waals surface area contributed by atoms with E-state index in [1.807, 2.05) is 11.3 Å². The topological polar surface area (TPSA) is 44.4 Å². The fourth-order valence-electron chi connectivity index (χ4n) is 9.80. The third kappa shape index (κ3) is 4.32. The van der Waals surface area contributed by atoms with Gasteiger partial charge in [0.1, 0.15) is 33.5 Å². The summed E-state index contributed by atoms with van der Waals surface area (Å²) in [6.45, 7) is 0. The van der Waals surface area contributed by atoms with Crippen LogP contribution >= 0.6 is 11.3 Å². The summed E-state index contributed by atoms with van der Waals surface area (Å²) in [6, 6.07) is 62.7. The molecule has 0 aliphatic carbocycles. The van der Waals surface area contributed by atoms with E-state index >= 15 is 0 Å². The Hall–Kier alpha value is -7.60. The van der Waals surface area contributed by atoms with Gasteiger partial charge in [0.2, 0.25) is 0 Å². The smallest absolute Gasteiger partial charge is 0.143 e. The Balaban J connectivity index is 0.919. The summed E-state index contributed by atoms with van der Waals surface area (Å²) in [7, 11) is 0. The lowest BCUT2D eigenvalue weighted by Gasteiger charge is -2.07. The molecule has 0 saturated carbocycles. The summed E-state index contributed by atoms with van der Waals surface area (Å²) in [5.41, 5.74) is 12.9. The van der Waals surface area contributed by atoms with Crippen LogP contribution in [0.2, 0.25) is 0 Å². The first-order valence-electron chi connectivity index (χ1n) is 19.9. The molecule has 0 amide bonds. The van der Waals surface area contributed by atoms with E-state index in [0.29, 0.717) is 0 Å². The number of aromatic nitrogens is 1. The molecule has 59 heavy (non-hydrogen) atoms. The van der Waals surface area contributed by atoms with E-state index < -0.39 is 0 Å². The molecule has 0 unspecified atom stereocenters. The van der Waals surface area contributed by atoms with E-state index in [1.165, 1.54) is 47.5 Å². The van der Waals surface area contributed by atoms with E-state index in [2.05, 4.69) is 180 Å². The van der Waals surface area contributed by atoms with Crippen molar-refractivity contribution in [1.82, 2.24) is 4.57 Å². The van der Waals surface area contributed by atoms with Gasteiger partial charge in [-0.25, -0.2) is 0 Å². The maximum atomic E-state index is 6.85. The SMILES string of the molecule is c1cc(-c2ccc3c(c2)oc2c(-c4cccc5c4sc4ccccc45)cccc23)c2c(c1)oc1cc3oc4cc(-n5c6ccccc6c6ccccc65)ccc4c3cc12. The molecule has 4 nitrogen and oxygen atoms in total. The van der Waals surface area contributed by atoms with Crippen molar-refractivity contribution in [2.45, 2.75) is 0 Å². The standard InChI is InChI=1S/C54H29NO3S/c1-4-18-44-33(10-1)34-11-2-5-19-45(34)55(44)31-23-25-36-42-28-43-50(29-49(42)57-48(36)27-31)56-46-20-9-13-32(52(43)46)30-22-24-35-38-14-7-15-39(53(38)58-47(35)26-30)41-17-8-16-40-37-12-3-6-21-51(37)59-54(40)41/h1-29H. The molecular formula is C54H29NO3S. The zero-order chi connectivity index (χ0) is 38.3. The van der Waals surface area contributed by atoms with Gasteiger partial charge >= 0.3 is 0 Å². The highest BCUT2D eigenvalue weighted by molar-refractivity contribution is 7.26. The summed E-state index contributed by atoms with van der Waals surface area (Å²) in [5.74, 6) is 0. The van der Waals surface area contributed by atoms with Gasteiger partial charge in [0.25, 0.3) is 0 Å². The van der Waals surface area contributed by atoms with Crippen molar-refractivity contribution < 1.29 is 13.3 Å². The number of rotatable bonds is 3. The van der Waals surface area contributed by atoms with Gasteiger partial charge in [0.15, 0.2) is 0 Å². The molecule has 0 spiro atoms. The first kappa shape index (κ1) is 31.5. The van der Waals surface area contributed by atoms with Crippen molar-refractivity contribution in [3.05, 3.63) is 176 Å². The molecule has 274 valence electrons. The Labute approximate surface area is 339 Å². The van der Waals surface area contributed by atoms with Crippen molar-refractivity contribution >= 4 is 119 Å². The van der Waals surface area contributed by atoms with Crippen LogP contribution in [-0.2, 0) is 0 Å². The molecule has 0 bridgehead atoms. The van der Waals surface area contributed by atoms with Crippen molar-refractivity contribution in [1.29, 1.82) is 0 Å². The van der Waals surface area contributed by atoms with Crippen LogP contribution in [-0.4, -0.2) is 4.57 Å². The molecule has 5 aromatic heterocycles. The maximum Gasteiger partial charge on any atom is 0.143 e. The van der Waals surface area contributed by atoms with E-state index in [4.69, 9.17) is 13.3 Å². The second-order valence-corrected chi connectivity index (χ2v) is 16.6. The van der Waals surface area contributed by atoms with E-state index in [9.17, 15) is 0 Å². The lowest BCUT2D eigenvalue weighted by atomic mass is 9.97. The quantitative estimate of drug-likeness (QED) is 0.180. The number of thiophene rings is 1. The fourth-order valence-corrected chi connectivity index (χ4v) is 11.0. The van der Waals surface area contributed by atoms with Crippen molar-refractivity contribution in [2.24, 2.45) is 0 Å². The Morgan fingerprint density at radius 2 is 0.983 bits per heavy atom. The molecule has 0 aliphatic rings. The minimum Gasteiger partial charge on any atom is -0.456 e. The second kappa shape index (κ2) is 11.5. The Bertz CT molecular complexity index is 4040. The number of nitrogens with zero attached hydrogens (tertiary/aromatic N) is 1. The van der Waals surface area contributed by atoms with Crippen LogP contribution in [0, 0.1) is 0 Å². The number of hydrogen-bond acceptors (Lipinski definition) is 4. The first-order valence-corrected chi connectivity index (χ1v) is 20.7. The Kier molecular flexibility index (Phi) is 6.14. The number of para-hydroxylation sites is 3. The Morgan fingerprint density at radius 3 is 1.85 bits per heavy atom. The summed E-state index contributed by atoms with van der Waals surface area (Å²) >= 11 is 1.85. The van der Waals surface area contributed by atoms with Gasteiger partial charge in [0.05, 0.1) is 11.0 Å². The molecule has 0 fully saturated rings. The fraction of sp³-hybridized carbons (Fsp3) is 0. The first-order chi connectivity index (χ1) is 29.2. The van der Waals surface area contributed by atoms with Crippen molar-refractivity contribution in [2.75, 3.05) is 0 Å². The largest absolute Gasteiger partial charge is 0.456 e. The molecule has 14 rings (SSSR count). The zero-order valence-corrected chi connectivity index (χ0v) is 32.1. The average Bonchev–Trinajstić information content (AvgIpc) is 4.10. The van der Waals surface area contributed by atoms with Crippen LogP contribution in [0.1, 0.15) is 0 Å². The molecule has 0 saturated heterocycles. The van der Waals surface area contributed by atoms with Crippen LogP contribution in [0.15, 0.2) is 189 Å². The number of furan rings is 3. The molecule has 0 N–H and O–H groups in total. The average molecular weight is 772 g/mol. The molecule has 5 heteroatoms. The maximum absolute atomic E-state index is 6.85. The zero-order valence-electron chi connectivity index (χ0n) is 31.3. The minimum atomic E-state index is 0.798. The van der Waals surface area contributed by atoms with Gasteiger partial charge < -0.3 is 17.8 Å². The molecule has 14 aromatic rings. The molecule has 0 atom stereocenters.